The number of ether oxygens (including phenoxy) is 1. The van der Waals surface area contributed by atoms with Crippen molar-refractivity contribution in [1.29, 1.82) is 0 Å². The fraction of sp³-hybridized carbons (Fsp3) is 0.111. The molecule has 8 nitrogen and oxygen atoms in total. The zero-order chi connectivity index (χ0) is 20.1. The van der Waals surface area contributed by atoms with Crippen molar-refractivity contribution >= 4 is 40.5 Å². The number of anilines is 1. The number of benzene rings is 2. The molecule has 0 aliphatic rings. The molecule has 0 radical (unpaired) electrons. The van der Waals surface area contributed by atoms with Crippen molar-refractivity contribution < 1.29 is 9.53 Å². The van der Waals surface area contributed by atoms with E-state index in [4.69, 9.17) is 28.6 Å². The molecule has 2 aromatic carbocycles. The summed E-state index contributed by atoms with van der Waals surface area (Å²) in [5, 5.41) is 11.8. The highest BCUT2D eigenvalue weighted by Gasteiger charge is 2.17. The van der Waals surface area contributed by atoms with Crippen LogP contribution in [0.1, 0.15) is 16.2 Å². The molecule has 3 rings (SSSR count). The lowest BCUT2D eigenvalue weighted by Crippen LogP contribution is -2.44. The Bertz CT molecular complexity index is 988. The summed E-state index contributed by atoms with van der Waals surface area (Å²) in [5.74, 6) is 0.272. The number of hydrogen-bond donors (Lipinski definition) is 3. The Morgan fingerprint density at radius 2 is 1.79 bits per heavy atom. The molecule has 0 fully saturated rings. The highest BCUT2D eigenvalue weighted by Crippen LogP contribution is 2.16. The Morgan fingerprint density at radius 1 is 1.11 bits per heavy atom. The first kappa shape index (κ1) is 19.6. The fourth-order valence-corrected chi connectivity index (χ4v) is 2.67. The van der Waals surface area contributed by atoms with Gasteiger partial charge in [0.15, 0.2) is 10.8 Å². The summed E-state index contributed by atoms with van der Waals surface area (Å²) >= 11 is 11.1. The van der Waals surface area contributed by atoms with E-state index in [1.807, 2.05) is 0 Å². The number of hydrazine groups is 1. The lowest BCUT2D eigenvalue weighted by atomic mass is 10.3. The van der Waals surface area contributed by atoms with Gasteiger partial charge in [0.25, 0.3) is 5.91 Å². The molecule has 0 atom stereocenters. The summed E-state index contributed by atoms with van der Waals surface area (Å²) in [7, 11) is 1.59. The van der Waals surface area contributed by atoms with Gasteiger partial charge in [-0.1, -0.05) is 16.8 Å². The van der Waals surface area contributed by atoms with Crippen LogP contribution in [0, 0.1) is 6.92 Å². The smallest absolute Gasteiger partial charge is 0.292 e. The number of methoxy groups -OCH3 is 1. The monoisotopic (exact) mass is 416 g/mol. The average molecular weight is 417 g/mol. The van der Waals surface area contributed by atoms with E-state index in [9.17, 15) is 4.79 Å². The Kier molecular flexibility index (Phi) is 6.07. The molecule has 0 aliphatic heterocycles. The molecular formula is C18H17ClN6O2S. The number of rotatable bonds is 4. The van der Waals surface area contributed by atoms with Crippen LogP contribution in [0.5, 0.6) is 5.75 Å². The fourth-order valence-electron chi connectivity index (χ4n) is 2.38. The van der Waals surface area contributed by atoms with Crippen LogP contribution in [0.3, 0.4) is 0 Å². The highest BCUT2D eigenvalue weighted by molar-refractivity contribution is 7.80. The van der Waals surface area contributed by atoms with Gasteiger partial charge < -0.3 is 10.1 Å². The van der Waals surface area contributed by atoms with Crippen LogP contribution in [0.25, 0.3) is 5.69 Å². The molecule has 3 aromatic rings. The third-order valence-corrected chi connectivity index (χ3v) is 4.27. The van der Waals surface area contributed by atoms with Gasteiger partial charge in [0.05, 0.1) is 18.5 Å². The van der Waals surface area contributed by atoms with Crippen molar-refractivity contribution in [2.75, 3.05) is 12.4 Å². The van der Waals surface area contributed by atoms with E-state index >= 15 is 0 Å². The maximum atomic E-state index is 12.4. The molecule has 0 saturated carbocycles. The van der Waals surface area contributed by atoms with Gasteiger partial charge in [-0.15, -0.1) is 5.10 Å². The minimum atomic E-state index is -0.461. The lowest BCUT2D eigenvalue weighted by Gasteiger charge is -2.11. The largest absolute Gasteiger partial charge is 0.497 e. The lowest BCUT2D eigenvalue weighted by molar-refractivity contribution is 0.0938. The van der Waals surface area contributed by atoms with Crippen molar-refractivity contribution in [3.8, 4) is 11.4 Å². The van der Waals surface area contributed by atoms with E-state index < -0.39 is 5.91 Å². The predicted octanol–water partition coefficient (Wildman–Crippen LogP) is 2.87. The van der Waals surface area contributed by atoms with E-state index in [0.717, 1.165) is 17.1 Å². The number of nitrogens with zero attached hydrogens (tertiary/aromatic N) is 3. The van der Waals surface area contributed by atoms with Crippen molar-refractivity contribution in [1.82, 2.24) is 25.8 Å². The van der Waals surface area contributed by atoms with Gasteiger partial charge >= 0.3 is 0 Å². The van der Waals surface area contributed by atoms with E-state index in [0.29, 0.717) is 10.7 Å². The van der Waals surface area contributed by atoms with Crippen molar-refractivity contribution in [2.24, 2.45) is 0 Å². The van der Waals surface area contributed by atoms with Gasteiger partial charge in [0.2, 0.25) is 0 Å². The standard InChI is InChI=1S/C18H17ClN6O2S/c1-11-16(21-24-25(11)14-7-3-12(19)4-8-14)17(26)22-23-18(28)20-13-5-9-15(27-2)10-6-13/h3-10H,1-2H3,(H,22,26)(H2,20,23,28). The Morgan fingerprint density at radius 3 is 2.43 bits per heavy atom. The van der Waals surface area contributed by atoms with Gasteiger partial charge in [-0.05, 0) is 67.7 Å². The van der Waals surface area contributed by atoms with Gasteiger partial charge in [-0.25, -0.2) is 4.68 Å². The molecule has 1 amide bonds. The number of amides is 1. The van der Waals surface area contributed by atoms with Gasteiger partial charge in [0.1, 0.15) is 5.75 Å². The summed E-state index contributed by atoms with van der Waals surface area (Å²) in [6.45, 7) is 1.75. The van der Waals surface area contributed by atoms with E-state index in [2.05, 4.69) is 26.5 Å². The summed E-state index contributed by atoms with van der Waals surface area (Å²) < 4.78 is 6.65. The number of thiocarbonyl (C=S) groups is 1. The molecule has 1 heterocycles. The number of hydrogen-bond acceptors (Lipinski definition) is 5. The number of halogens is 1. The van der Waals surface area contributed by atoms with E-state index in [1.54, 1.807) is 67.2 Å². The van der Waals surface area contributed by atoms with Crippen molar-refractivity contribution in [3.05, 3.63) is 64.9 Å². The van der Waals surface area contributed by atoms with Gasteiger partial charge in [-0.3, -0.25) is 15.6 Å². The maximum Gasteiger partial charge on any atom is 0.292 e. The Balaban J connectivity index is 1.60. The van der Waals surface area contributed by atoms with E-state index in [-0.39, 0.29) is 10.8 Å². The Labute approximate surface area is 171 Å². The van der Waals surface area contributed by atoms with Crippen LogP contribution in [0.15, 0.2) is 48.5 Å². The van der Waals surface area contributed by atoms with Crippen LogP contribution in [0.2, 0.25) is 5.02 Å². The molecule has 0 bridgehead atoms. The summed E-state index contributed by atoms with van der Waals surface area (Å²) in [5.41, 5.74) is 7.39. The molecule has 0 unspecified atom stereocenters. The summed E-state index contributed by atoms with van der Waals surface area (Å²) in [6.07, 6.45) is 0. The van der Waals surface area contributed by atoms with Crippen LogP contribution in [0.4, 0.5) is 5.69 Å². The number of aromatic nitrogens is 3. The van der Waals surface area contributed by atoms with Crippen LogP contribution in [-0.2, 0) is 0 Å². The van der Waals surface area contributed by atoms with E-state index in [1.165, 1.54) is 0 Å². The Hall–Kier alpha value is -3.17. The van der Waals surface area contributed by atoms with Crippen molar-refractivity contribution in [2.45, 2.75) is 6.92 Å². The second-order valence-electron chi connectivity index (χ2n) is 5.67. The quantitative estimate of drug-likeness (QED) is 0.444. The van der Waals surface area contributed by atoms with Crippen LogP contribution >= 0.6 is 23.8 Å². The minimum Gasteiger partial charge on any atom is -0.497 e. The number of carbonyl (C=O) groups excluding carboxylic acids is 1. The first-order valence-electron chi connectivity index (χ1n) is 8.17. The van der Waals surface area contributed by atoms with Crippen molar-refractivity contribution in [3.63, 3.8) is 0 Å². The third kappa shape index (κ3) is 4.56. The average Bonchev–Trinajstić information content (AvgIpc) is 3.09. The topological polar surface area (TPSA) is 93.1 Å². The molecular weight excluding hydrogens is 400 g/mol. The summed E-state index contributed by atoms with van der Waals surface area (Å²) in [6, 6.07) is 14.2. The predicted molar refractivity (Wildman–Crippen MR) is 111 cm³/mol. The molecule has 144 valence electrons. The third-order valence-electron chi connectivity index (χ3n) is 3.82. The maximum absolute atomic E-state index is 12.4. The molecule has 0 aliphatic carbocycles. The molecule has 10 heteroatoms. The zero-order valence-corrected chi connectivity index (χ0v) is 16.6. The molecule has 1 aromatic heterocycles. The number of carbonyl (C=O) groups is 1. The first-order chi connectivity index (χ1) is 13.5. The van der Waals surface area contributed by atoms with Crippen LogP contribution in [-0.4, -0.2) is 33.1 Å². The van der Waals surface area contributed by atoms with Crippen LogP contribution < -0.4 is 20.9 Å². The normalized spacial score (nSPS) is 10.2. The molecule has 0 spiro atoms. The highest BCUT2D eigenvalue weighted by atomic mass is 35.5. The zero-order valence-electron chi connectivity index (χ0n) is 15.1. The number of nitrogens with one attached hydrogen (secondary N) is 3. The first-order valence-corrected chi connectivity index (χ1v) is 8.96. The van der Waals surface area contributed by atoms with Gasteiger partial charge in [0, 0.05) is 10.7 Å². The molecule has 3 N–H and O–H groups in total. The summed E-state index contributed by atoms with van der Waals surface area (Å²) in [4.78, 5) is 12.4. The SMILES string of the molecule is COc1ccc(NC(=S)NNC(=O)c2nnn(-c3ccc(Cl)cc3)c2C)cc1. The second-order valence-corrected chi connectivity index (χ2v) is 6.52. The van der Waals surface area contributed by atoms with Gasteiger partial charge in [-0.2, -0.15) is 0 Å². The minimum absolute atomic E-state index is 0.176. The second kappa shape index (κ2) is 8.68. The molecule has 0 saturated heterocycles. The molecule has 28 heavy (non-hydrogen) atoms.